The maximum Gasteiger partial charge on any atom is 0.255 e. The summed E-state index contributed by atoms with van der Waals surface area (Å²) < 4.78 is 5.06. The molecule has 2 aromatic rings. The van der Waals surface area contributed by atoms with Crippen LogP contribution in [0.4, 0.5) is 5.82 Å². The minimum atomic E-state index is -0.225. The molecule has 1 aliphatic heterocycles. The molecule has 0 bridgehead atoms. The van der Waals surface area contributed by atoms with Crippen LogP contribution in [-0.4, -0.2) is 70.1 Å². The van der Waals surface area contributed by atoms with Crippen molar-refractivity contribution in [1.82, 2.24) is 25.2 Å². The third kappa shape index (κ3) is 4.73. The summed E-state index contributed by atoms with van der Waals surface area (Å²) in [6, 6.07) is 0.166. The number of piperidine rings is 1. The van der Waals surface area contributed by atoms with Gasteiger partial charge in [-0.1, -0.05) is 6.58 Å². The maximum atomic E-state index is 12.6. The molecule has 3 heterocycles. The first kappa shape index (κ1) is 20.8. The molecule has 1 saturated heterocycles. The van der Waals surface area contributed by atoms with Gasteiger partial charge in [-0.2, -0.15) is 0 Å². The van der Waals surface area contributed by atoms with E-state index in [9.17, 15) is 9.59 Å². The van der Waals surface area contributed by atoms with E-state index in [0.717, 1.165) is 12.8 Å². The molecule has 1 aliphatic rings. The van der Waals surface area contributed by atoms with Crippen LogP contribution in [0.1, 0.15) is 37.0 Å². The zero-order valence-corrected chi connectivity index (χ0v) is 17.1. The molecule has 0 aromatic carbocycles. The molecule has 0 radical (unpaired) electrons. The van der Waals surface area contributed by atoms with Gasteiger partial charge in [-0.05, 0) is 32.8 Å². The van der Waals surface area contributed by atoms with Gasteiger partial charge in [0.25, 0.3) is 5.91 Å². The number of ether oxygens (including phenoxy) is 1. The number of nitrogens with zero attached hydrogens (tertiary/aromatic N) is 3. The number of rotatable bonds is 7. The fraction of sp³-hybridized carbons (Fsp3) is 0.500. The van der Waals surface area contributed by atoms with Gasteiger partial charge in [0, 0.05) is 38.0 Å². The molecule has 2 aromatic heterocycles. The van der Waals surface area contributed by atoms with Gasteiger partial charge in [-0.25, -0.2) is 9.97 Å². The molecule has 1 unspecified atom stereocenters. The SMILES string of the molecule is C=CC(=O)N1CC[C@H](Nc2cnc3[nH]cc(C(=O)NC(C)COC)c3n2)C[C@@H]1C. The third-order valence-electron chi connectivity index (χ3n) is 5.11. The Kier molecular flexibility index (Phi) is 6.48. The number of hydrogen-bond donors (Lipinski definition) is 3. The van der Waals surface area contributed by atoms with Crippen LogP contribution in [0, 0.1) is 0 Å². The summed E-state index contributed by atoms with van der Waals surface area (Å²) in [5, 5.41) is 6.28. The number of carbonyl (C=O) groups is 2. The van der Waals surface area contributed by atoms with E-state index in [2.05, 4.69) is 32.2 Å². The summed E-state index contributed by atoms with van der Waals surface area (Å²) in [6.07, 6.45) is 6.23. The predicted molar refractivity (Wildman–Crippen MR) is 111 cm³/mol. The highest BCUT2D eigenvalue weighted by molar-refractivity contribution is 6.04. The van der Waals surface area contributed by atoms with E-state index < -0.39 is 0 Å². The van der Waals surface area contributed by atoms with Crippen molar-refractivity contribution in [1.29, 1.82) is 0 Å². The Morgan fingerprint density at radius 3 is 3.00 bits per heavy atom. The second kappa shape index (κ2) is 9.04. The minimum Gasteiger partial charge on any atom is -0.383 e. The van der Waals surface area contributed by atoms with E-state index in [4.69, 9.17) is 4.74 Å². The second-order valence-corrected chi connectivity index (χ2v) is 7.44. The van der Waals surface area contributed by atoms with Gasteiger partial charge in [0.1, 0.15) is 11.3 Å². The van der Waals surface area contributed by atoms with Crippen LogP contribution in [0.25, 0.3) is 11.2 Å². The molecule has 1 fully saturated rings. The molecule has 0 saturated carbocycles. The number of fused-ring (bicyclic) bond motifs is 1. The molecule has 0 aliphatic carbocycles. The maximum absolute atomic E-state index is 12.6. The lowest BCUT2D eigenvalue weighted by atomic mass is 9.98. The Labute approximate surface area is 169 Å². The minimum absolute atomic E-state index is 0.0390. The Bertz CT molecular complexity index is 895. The Morgan fingerprint density at radius 1 is 1.52 bits per heavy atom. The van der Waals surface area contributed by atoms with Crippen molar-refractivity contribution in [3.05, 3.63) is 30.6 Å². The van der Waals surface area contributed by atoms with Gasteiger partial charge in [0.05, 0.1) is 18.4 Å². The monoisotopic (exact) mass is 400 g/mol. The van der Waals surface area contributed by atoms with Crippen LogP contribution < -0.4 is 10.6 Å². The predicted octanol–water partition coefficient (Wildman–Crippen LogP) is 1.70. The summed E-state index contributed by atoms with van der Waals surface area (Å²) in [5.41, 5.74) is 1.52. The smallest absolute Gasteiger partial charge is 0.255 e. The van der Waals surface area contributed by atoms with E-state index in [1.54, 1.807) is 19.5 Å². The van der Waals surface area contributed by atoms with Crippen molar-refractivity contribution in [3.63, 3.8) is 0 Å². The van der Waals surface area contributed by atoms with Crippen molar-refractivity contribution in [2.75, 3.05) is 25.6 Å². The van der Waals surface area contributed by atoms with Gasteiger partial charge in [-0.3, -0.25) is 9.59 Å². The number of hydrogen-bond acceptors (Lipinski definition) is 6. The average Bonchev–Trinajstić information content (AvgIpc) is 3.11. The number of aromatic amines is 1. The van der Waals surface area contributed by atoms with Crippen LogP contribution in [0.5, 0.6) is 0 Å². The topological polar surface area (TPSA) is 112 Å². The lowest BCUT2D eigenvalue weighted by molar-refractivity contribution is -0.129. The largest absolute Gasteiger partial charge is 0.383 e. The van der Waals surface area contributed by atoms with Crippen LogP contribution >= 0.6 is 0 Å². The highest BCUT2D eigenvalue weighted by Gasteiger charge is 2.28. The first-order valence-electron chi connectivity index (χ1n) is 9.76. The molecule has 3 atom stereocenters. The fourth-order valence-corrected chi connectivity index (χ4v) is 3.68. The molecule has 3 rings (SSSR count). The third-order valence-corrected chi connectivity index (χ3v) is 5.11. The number of nitrogens with one attached hydrogen (secondary N) is 3. The zero-order chi connectivity index (χ0) is 21.0. The first-order valence-corrected chi connectivity index (χ1v) is 9.76. The van der Waals surface area contributed by atoms with Gasteiger partial charge in [0.2, 0.25) is 5.91 Å². The van der Waals surface area contributed by atoms with Crippen molar-refractivity contribution in [2.45, 2.75) is 44.8 Å². The molecular weight excluding hydrogens is 372 g/mol. The van der Waals surface area contributed by atoms with Crippen LogP contribution in [-0.2, 0) is 9.53 Å². The lowest BCUT2D eigenvalue weighted by Crippen LogP contribution is -2.47. The molecule has 29 heavy (non-hydrogen) atoms. The number of methoxy groups -OCH3 is 1. The Morgan fingerprint density at radius 2 is 2.31 bits per heavy atom. The summed E-state index contributed by atoms with van der Waals surface area (Å²) >= 11 is 0. The molecular formula is C20H28N6O3. The van der Waals surface area contributed by atoms with Gasteiger partial charge < -0.3 is 25.3 Å². The summed E-state index contributed by atoms with van der Waals surface area (Å²) in [7, 11) is 1.59. The summed E-state index contributed by atoms with van der Waals surface area (Å²) in [4.78, 5) is 38.3. The van der Waals surface area contributed by atoms with Gasteiger partial charge in [0.15, 0.2) is 5.65 Å². The van der Waals surface area contributed by atoms with E-state index in [0.29, 0.717) is 35.7 Å². The Hall–Kier alpha value is -2.94. The number of amides is 2. The van der Waals surface area contributed by atoms with Crippen LogP contribution in [0.2, 0.25) is 0 Å². The van der Waals surface area contributed by atoms with Crippen molar-refractivity contribution < 1.29 is 14.3 Å². The fourth-order valence-electron chi connectivity index (χ4n) is 3.68. The van der Waals surface area contributed by atoms with E-state index in [-0.39, 0.29) is 29.9 Å². The molecule has 3 N–H and O–H groups in total. The van der Waals surface area contributed by atoms with E-state index in [1.165, 1.54) is 6.08 Å². The molecule has 2 amide bonds. The van der Waals surface area contributed by atoms with Crippen LogP contribution in [0.3, 0.4) is 0 Å². The van der Waals surface area contributed by atoms with Gasteiger partial charge >= 0.3 is 0 Å². The number of carbonyl (C=O) groups excluding carboxylic acids is 2. The van der Waals surface area contributed by atoms with E-state index >= 15 is 0 Å². The highest BCUT2D eigenvalue weighted by Crippen LogP contribution is 2.22. The van der Waals surface area contributed by atoms with Crippen molar-refractivity contribution in [3.8, 4) is 0 Å². The van der Waals surface area contributed by atoms with E-state index in [1.807, 2.05) is 18.7 Å². The number of anilines is 1. The zero-order valence-electron chi connectivity index (χ0n) is 17.1. The molecule has 0 spiro atoms. The normalized spacial score (nSPS) is 20.3. The number of aromatic nitrogens is 3. The highest BCUT2D eigenvalue weighted by atomic mass is 16.5. The molecule has 156 valence electrons. The van der Waals surface area contributed by atoms with Crippen LogP contribution in [0.15, 0.2) is 25.0 Å². The van der Waals surface area contributed by atoms with Crippen molar-refractivity contribution >= 4 is 28.8 Å². The lowest BCUT2D eigenvalue weighted by Gasteiger charge is -2.37. The molecule has 9 nitrogen and oxygen atoms in total. The summed E-state index contributed by atoms with van der Waals surface area (Å²) in [6.45, 7) is 8.56. The molecule has 9 heteroatoms. The standard InChI is InChI=1S/C20H28N6O3/c1-5-17(27)26-7-6-14(8-13(26)3)24-16-10-22-19-18(25-16)15(9-21-19)20(28)23-12(2)11-29-4/h5,9-10,12-14H,1,6-8,11H2,2-4H3,(H,21,22)(H,23,28)(H,24,25)/t12?,13-,14-/m0/s1. The summed E-state index contributed by atoms with van der Waals surface area (Å²) in [5.74, 6) is 0.344. The number of H-pyrrole nitrogens is 1. The number of likely N-dealkylation sites (tertiary alicyclic amines) is 1. The first-order chi connectivity index (χ1) is 13.9. The quantitative estimate of drug-likeness (QED) is 0.610. The second-order valence-electron chi connectivity index (χ2n) is 7.44. The average molecular weight is 400 g/mol. The Balaban J connectivity index is 1.71. The van der Waals surface area contributed by atoms with Gasteiger partial charge in [-0.15, -0.1) is 0 Å². The van der Waals surface area contributed by atoms with Crippen molar-refractivity contribution in [2.24, 2.45) is 0 Å².